The van der Waals surface area contributed by atoms with Crippen molar-refractivity contribution in [2.24, 2.45) is 5.73 Å². The topological polar surface area (TPSA) is 96.3 Å². The van der Waals surface area contributed by atoms with E-state index in [0.717, 1.165) is 48.1 Å². The van der Waals surface area contributed by atoms with Crippen LogP contribution in [0.3, 0.4) is 0 Å². The van der Waals surface area contributed by atoms with Gasteiger partial charge in [-0.2, -0.15) is 0 Å². The number of carbonyl (C=O) groups excluding carboxylic acids is 1. The molecule has 7 nitrogen and oxygen atoms in total. The van der Waals surface area contributed by atoms with Gasteiger partial charge in [0.25, 0.3) is 5.91 Å². The summed E-state index contributed by atoms with van der Waals surface area (Å²) in [4.78, 5) is 23.9. The number of aromatic amines is 1. The molecule has 1 aliphatic rings. The summed E-state index contributed by atoms with van der Waals surface area (Å²) in [6.45, 7) is 1.89. The third-order valence-corrected chi connectivity index (χ3v) is 7.73. The predicted octanol–water partition coefficient (Wildman–Crippen LogP) is 5.82. The number of nitrogens with two attached hydrogens (primary N) is 1. The molecule has 1 atom stereocenters. The predicted molar refractivity (Wildman–Crippen MR) is 160 cm³/mol. The quantitative estimate of drug-likeness (QED) is 0.238. The highest BCUT2D eigenvalue weighted by Crippen LogP contribution is 2.33. The maximum Gasteiger partial charge on any atom is 0.252 e. The van der Waals surface area contributed by atoms with Gasteiger partial charge in [-0.3, -0.25) is 9.78 Å². The first kappa shape index (κ1) is 26.5. The van der Waals surface area contributed by atoms with Gasteiger partial charge >= 0.3 is 0 Å². The summed E-state index contributed by atoms with van der Waals surface area (Å²) in [5.74, 6) is -0.260. The van der Waals surface area contributed by atoms with Crippen LogP contribution >= 0.6 is 0 Å². The van der Waals surface area contributed by atoms with Gasteiger partial charge in [-0.05, 0) is 72.8 Å². The minimum Gasteiger partial charge on any atom is -0.496 e. The van der Waals surface area contributed by atoms with Gasteiger partial charge in [0, 0.05) is 58.9 Å². The third kappa shape index (κ3) is 5.64. The van der Waals surface area contributed by atoms with Gasteiger partial charge in [-0.25, -0.2) is 4.39 Å². The van der Waals surface area contributed by atoms with Gasteiger partial charge in [0.1, 0.15) is 11.6 Å². The number of H-pyrrole nitrogens is 1. The fraction of sp³-hybridized carbons (Fsp3) is 0.212. The van der Waals surface area contributed by atoms with Crippen molar-refractivity contribution in [1.82, 2.24) is 15.3 Å². The molecule has 3 aromatic carbocycles. The average Bonchev–Trinajstić information content (AvgIpc) is 3.44. The molecule has 1 aliphatic heterocycles. The number of aromatic nitrogens is 2. The third-order valence-electron chi connectivity index (χ3n) is 7.73. The summed E-state index contributed by atoms with van der Waals surface area (Å²) in [5.41, 5.74) is 11.4. The van der Waals surface area contributed by atoms with Crippen LogP contribution in [0.4, 0.5) is 10.1 Å². The van der Waals surface area contributed by atoms with Crippen LogP contribution < -0.4 is 20.7 Å². The molecule has 0 unspecified atom stereocenters. The van der Waals surface area contributed by atoms with Gasteiger partial charge in [-0.15, -0.1) is 0 Å². The molecule has 1 amide bonds. The van der Waals surface area contributed by atoms with Crippen LogP contribution in [-0.4, -0.2) is 42.1 Å². The molecule has 2 aromatic heterocycles. The van der Waals surface area contributed by atoms with Gasteiger partial charge in [-0.1, -0.05) is 30.3 Å². The molecule has 0 aliphatic carbocycles. The van der Waals surface area contributed by atoms with Crippen LogP contribution in [0, 0.1) is 5.82 Å². The number of rotatable bonds is 7. The van der Waals surface area contributed by atoms with Crippen molar-refractivity contribution in [3.05, 3.63) is 114 Å². The normalized spacial score (nSPS) is 14.7. The second-order valence-electron chi connectivity index (χ2n) is 10.4. The number of anilines is 1. The van der Waals surface area contributed by atoms with E-state index in [0.29, 0.717) is 28.3 Å². The Morgan fingerprint density at radius 3 is 2.59 bits per heavy atom. The van der Waals surface area contributed by atoms with E-state index in [2.05, 4.69) is 32.3 Å². The Morgan fingerprint density at radius 1 is 1.05 bits per heavy atom. The lowest BCUT2D eigenvalue weighted by molar-refractivity contribution is 0.0942. The molecule has 0 radical (unpaired) electrons. The summed E-state index contributed by atoms with van der Waals surface area (Å²) in [6, 6.07) is 25.4. The standard InChI is InChI=1S/C33H32FN5O2/c1-41-31-11-8-24(34)20-27(31)32(30-18-22-4-2-3-5-28(22)37-30)38-33(40)23-12-15-36-29(19-23)21-6-9-26(10-7-21)39-16-13-25(35)14-17-39/h2-12,15,18-20,25,32,37H,13-14,16-17,35H2,1H3,(H,38,40)/t32-/m1/s1. The first-order chi connectivity index (χ1) is 20.0. The Hall–Kier alpha value is -4.69. The van der Waals surface area contributed by atoms with Crippen LogP contribution in [0.5, 0.6) is 5.75 Å². The number of benzene rings is 3. The van der Waals surface area contributed by atoms with Crippen LogP contribution in [0.25, 0.3) is 22.2 Å². The van der Waals surface area contributed by atoms with Gasteiger partial charge in [0.2, 0.25) is 0 Å². The van der Waals surface area contributed by atoms with Crippen LogP contribution in [0.15, 0.2) is 91.1 Å². The largest absolute Gasteiger partial charge is 0.496 e. The lowest BCUT2D eigenvalue weighted by Crippen LogP contribution is -2.39. The van der Waals surface area contributed by atoms with Crippen molar-refractivity contribution in [2.45, 2.75) is 24.9 Å². The van der Waals surface area contributed by atoms with E-state index in [-0.39, 0.29) is 11.9 Å². The van der Waals surface area contributed by atoms with Gasteiger partial charge < -0.3 is 25.7 Å². The molecular formula is C33H32FN5O2. The Bertz CT molecular complexity index is 1640. The highest BCUT2D eigenvalue weighted by molar-refractivity contribution is 5.95. The summed E-state index contributed by atoms with van der Waals surface area (Å²) in [5, 5.41) is 4.09. The molecule has 0 bridgehead atoms. The number of fused-ring (bicyclic) bond motifs is 1. The monoisotopic (exact) mass is 549 g/mol. The van der Waals surface area contributed by atoms with E-state index < -0.39 is 11.9 Å². The second-order valence-corrected chi connectivity index (χ2v) is 10.4. The zero-order chi connectivity index (χ0) is 28.3. The summed E-state index contributed by atoms with van der Waals surface area (Å²) >= 11 is 0. The van der Waals surface area contributed by atoms with Crippen molar-refractivity contribution >= 4 is 22.5 Å². The molecule has 0 saturated carbocycles. The van der Waals surface area contributed by atoms with Crippen molar-refractivity contribution < 1.29 is 13.9 Å². The fourth-order valence-corrected chi connectivity index (χ4v) is 5.45. The summed E-state index contributed by atoms with van der Waals surface area (Å²) in [6.07, 6.45) is 3.60. The van der Waals surface area contributed by atoms with Crippen molar-refractivity contribution in [1.29, 1.82) is 0 Å². The Kier molecular flexibility index (Phi) is 7.39. The maximum atomic E-state index is 14.4. The van der Waals surface area contributed by atoms with E-state index >= 15 is 0 Å². The number of amides is 1. The lowest BCUT2D eigenvalue weighted by atomic mass is 10.0. The van der Waals surface area contributed by atoms with Crippen LogP contribution in [-0.2, 0) is 0 Å². The number of nitrogens with one attached hydrogen (secondary N) is 2. The summed E-state index contributed by atoms with van der Waals surface area (Å²) in [7, 11) is 1.53. The number of pyridine rings is 1. The van der Waals surface area contributed by atoms with Crippen molar-refractivity contribution in [3.8, 4) is 17.0 Å². The summed E-state index contributed by atoms with van der Waals surface area (Å²) < 4.78 is 20.0. The number of methoxy groups -OCH3 is 1. The number of nitrogens with zero attached hydrogens (tertiary/aromatic N) is 2. The molecule has 208 valence electrons. The highest BCUT2D eigenvalue weighted by atomic mass is 19.1. The van der Waals surface area contributed by atoms with Gasteiger partial charge in [0.15, 0.2) is 0 Å². The van der Waals surface area contributed by atoms with Gasteiger partial charge in [0.05, 0.1) is 18.8 Å². The lowest BCUT2D eigenvalue weighted by Gasteiger charge is -2.32. The number of hydrogen-bond donors (Lipinski definition) is 3. The Morgan fingerprint density at radius 2 is 1.83 bits per heavy atom. The van der Waals surface area contributed by atoms with Crippen LogP contribution in [0.2, 0.25) is 0 Å². The highest BCUT2D eigenvalue weighted by Gasteiger charge is 2.24. The number of hydrogen-bond acceptors (Lipinski definition) is 5. The zero-order valence-electron chi connectivity index (χ0n) is 22.8. The minimum atomic E-state index is -0.686. The van der Waals surface area contributed by atoms with E-state index in [9.17, 15) is 9.18 Å². The molecular weight excluding hydrogens is 517 g/mol. The molecule has 6 rings (SSSR count). The maximum absolute atomic E-state index is 14.4. The molecule has 41 heavy (non-hydrogen) atoms. The number of ether oxygens (including phenoxy) is 1. The fourth-order valence-electron chi connectivity index (χ4n) is 5.45. The number of para-hydroxylation sites is 1. The minimum absolute atomic E-state index is 0.279. The SMILES string of the molecule is COc1ccc(F)cc1[C@@H](NC(=O)c1ccnc(-c2ccc(N3CCC(N)CC3)cc2)c1)c1cc2ccccc2[nH]1. The first-order valence-electron chi connectivity index (χ1n) is 13.8. The molecule has 1 fully saturated rings. The first-order valence-corrected chi connectivity index (χ1v) is 13.8. The smallest absolute Gasteiger partial charge is 0.252 e. The van der Waals surface area contributed by atoms with E-state index in [4.69, 9.17) is 10.5 Å². The van der Waals surface area contributed by atoms with E-state index in [1.807, 2.05) is 42.5 Å². The van der Waals surface area contributed by atoms with Crippen molar-refractivity contribution in [3.63, 3.8) is 0 Å². The number of halogens is 1. The van der Waals surface area contributed by atoms with E-state index in [1.54, 1.807) is 24.4 Å². The van der Waals surface area contributed by atoms with Crippen LogP contribution in [0.1, 0.15) is 40.5 Å². The molecule has 8 heteroatoms. The molecule has 4 N–H and O–H groups in total. The average molecular weight is 550 g/mol. The Labute approximate surface area is 238 Å². The number of carbonyl (C=O) groups is 1. The zero-order valence-corrected chi connectivity index (χ0v) is 22.8. The molecule has 5 aromatic rings. The van der Waals surface area contributed by atoms with E-state index in [1.165, 1.54) is 19.2 Å². The second kappa shape index (κ2) is 11.4. The molecule has 0 spiro atoms. The van der Waals surface area contributed by atoms with Crippen molar-refractivity contribution in [2.75, 3.05) is 25.1 Å². The number of piperidine rings is 1. The molecule has 3 heterocycles. The Balaban J connectivity index is 1.28. The molecule has 1 saturated heterocycles.